The molecule has 1 rings (SSSR count). The molecule has 74 valence electrons. The molecular weight excluding hydrogens is 204 g/mol. The average Bonchev–Trinajstić information content (AvgIpc) is 2.11. The number of aromatic hydroxyl groups is 1. The van der Waals surface area contributed by atoms with Crippen LogP contribution in [0, 0.1) is 0 Å². The highest BCUT2D eigenvalue weighted by Crippen LogP contribution is 2.23. The second-order valence-corrected chi connectivity index (χ2v) is 3.27. The second kappa shape index (κ2) is 4.15. The molecule has 0 saturated carbocycles. The molecule has 14 heavy (non-hydrogen) atoms. The van der Waals surface area contributed by atoms with Crippen LogP contribution >= 0.6 is 11.6 Å². The number of benzene rings is 1. The van der Waals surface area contributed by atoms with Crippen molar-refractivity contribution in [2.75, 3.05) is 0 Å². The summed E-state index contributed by atoms with van der Waals surface area (Å²) in [5.74, 6) is -1.01. The van der Waals surface area contributed by atoms with Gasteiger partial charge in [-0.2, -0.15) is 0 Å². The number of hydrogen-bond donors (Lipinski definition) is 2. The zero-order valence-corrected chi connectivity index (χ0v) is 8.25. The van der Waals surface area contributed by atoms with Crippen molar-refractivity contribution in [3.63, 3.8) is 0 Å². The molecule has 0 aliphatic carbocycles. The fourth-order valence-electron chi connectivity index (χ4n) is 0.936. The summed E-state index contributed by atoms with van der Waals surface area (Å²) in [7, 11) is 0. The Bertz CT molecular complexity index is 396. The van der Waals surface area contributed by atoms with E-state index >= 15 is 0 Å². The van der Waals surface area contributed by atoms with Gasteiger partial charge in [-0.3, -0.25) is 0 Å². The van der Waals surface area contributed by atoms with E-state index in [2.05, 4.69) is 0 Å². The van der Waals surface area contributed by atoms with E-state index in [4.69, 9.17) is 16.7 Å². The molecule has 0 heterocycles. The third-order valence-corrected chi connectivity index (χ3v) is 1.93. The van der Waals surface area contributed by atoms with Crippen molar-refractivity contribution in [1.82, 2.24) is 0 Å². The van der Waals surface area contributed by atoms with Crippen LogP contribution in [0.5, 0.6) is 5.75 Å². The number of aliphatic carboxylic acids is 1. The quantitative estimate of drug-likeness (QED) is 0.741. The molecule has 0 spiro atoms. The number of phenols is 1. The minimum Gasteiger partial charge on any atom is -0.507 e. The Labute approximate surface area is 86.3 Å². The molecule has 0 aliphatic heterocycles. The smallest absolute Gasteiger partial charge is 0.331 e. The van der Waals surface area contributed by atoms with Crippen LogP contribution in [0.2, 0.25) is 5.02 Å². The lowest BCUT2D eigenvalue weighted by Gasteiger charge is -2.00. The summed E-state index contributed by atoms with van der Waals surface area (Å²) < 4.78 is 0. The van der Waals surface area contributed by atoms with Crippen LogP contribution in [0.3, 0.4) is 0 Å². The number of hydrogen-bond acceptors (Lipinski definition) is 2. The Morgan fingerprint density at radius 1 is 1.50 bits per heavy atom. The molecule has 0 bridgehead atoms. The number of phenolic OH excluding ortho intramolecular Hbond substituents is 1. The Morgan fingerprint density at radius 2 is 2.14 bits per heavy atom. The van der Waals surface area contributed by atoms with Gasteiger partial charge in [0.2, 0.25) is 0 Å². The van der Waals surface area contributed by atoms with E-state index in [0.29, 0.717) is 10.6 Å². The Hall–Kier alpha value is -1.48. The predicted octanol–water partition coefficient (Wildman–Crippen LogP) is 2.53. The lowest BCUT2D eigenvalue weighted by atomic mass is 10.1. The van der Waals surface area contributed by atoms with Crippen LogP contribution in [-0.4, -0.2) is 16.2 Å². The SMILES string of the molecule is C/C(=C\c1cc(Cl)ccc1O)C(=O)O. The Balaban J connectivity index is 3.13. The van der Waals surface area contributed by atoms with E-state index in [1.807, 2.05) is 0 Å². The van der Waals surface area contributed by atoms with E-state index in [-0.39, 0.29) is 11.3 Å². The molecule has 0 radical (unpaired) electrons. The third-order valence-electron chi connectivity index (χ3n) is 1.70. The molecular formula is C10H9ClO3. The van der Waals surface area contributed by atoms with Crippen LogP contribution in [-0.2, 0) is 4.79 Å². The summed E-state index contributed by atoms with van der Waals surface area (Å²) in [5.41, 5.74) is 0.542. The Kier molecular flexibility index (Phi) is 3.14. The van der Waals surface area contributed by atoms with E-state index in [0.717, 1.165) is 0 Å². The first-order chi connectivity index (χ1) is 6.50. The topological polar surface area (TPSA) is 57.5 Å². The molecule has 0 saturated heterocycles. The predicted molar refractivity (Wildman–Crippen MR) is 54.4 cm³/mol. The molecule has 0 amide bonds. The minimum absolute atomic E-state index is 0.00926. The van der Waals surface area contributed by atoms with Gasteiger partial charge in [0, 0.05) is 16.2 Å². The number of halogens is 1. The molecule has 4 heteroatoms. The fraction of sp³-hybridized carbons (Fsp3) is 0.100. The van der Waals surface area contributed by atoms with Crippen molar-refractivity contribution in [2.24, 2.45) is 0 Å². The molecule has 0 atom stereocenters. The maximum atomic E-state index is 10.5. The maximum Gasteiger partial charge on any atom is 0.331 e. The molecule has 0 unspecified atom stereocenters. The van der Waals surface area contributed by atoms with Gasteiger partial charge < -0.3 is 10.2 Å². The van der Waals surface area contributed by atoms with Gasteiger partial charge >= 0.3 is 5.97 Å². The van der Waals surface area contributed by atoms with E-state index in [1.54, 1.807) is 0 Å². The molecule has 1 aromatic carbocycles. The molecule has 2 N–H and O–H groups in total. The van der Waals surface area contributed by atoms with E-state index < -0.39 is 5.97 Å². The van der Waals surface area contributed by atoms with Crippen molar-refractivity contribution in [3.05, 3.63) is 34.4 Å². The first-order valence-corrected chi connectivity index (χ1v) is 4.28. The number of carbonyl (C=O) groups is 1. The second-order valence-electron chi connectivity index (χ2n) is 2.84. The molecule has 3 nitrogen and oxygen atoms in total. The first-order valence-electron chi connectivity index (χ1n) is 3.91. The zero-order valence-electron chi connectivity index (χ0n) is 7.49. The van der Waals surface area contributed by atoms with Gasteiger partial charge in [-0.05, 0) is 31.2 Å². The van der Waals surface area contributed by atoms with Gasteiger partial charge in [-0.1, -0.05) is 11.6 Å². The van der Waals surface area contributed by atoms with Crippen LogP contribution < -0.4 is 0 Å². The summed E-state index contributed by atoms with van der Waals surface area (Å²) in [6.07, 6.45) is 1.36. The Morgan fingerprint density at radius 3 is 2.71 bits per heavy atom. The summed E-state index contributed by atoms with van der Waals surface area (Å²) >= 11 is 5.69. The number of rotatable bonds is 2. The van der Waals surface area contributed by atoms with Gasteiger partial charge in [-0.25, -0.2) is 4.79 Å². The van der Waals surface area contributed by atoms with Crippen LogP contribution in [0.1, 0.15) is 12.5 Å². The summed E-state index contributed by atoms with van der Waals surface area (Å²) in [6.45, 7) is 1.45. The van der Waals surface area contributed by atoms with Gasteiger partial charge in [-0.15, -0.1) is 0 Å². The van der Waals surface area contributed by atoms with E-state index in [1.165, 1.54) is 31.2 Å². The van der Waals surface area contributed by atoms with Crippen molar-refractivity contribution in [2.45, 2.75) is 6.92 Å². The molecule has 0 aliphatic rings. The minimum atomic E-state index is -1.02. The maximum absolute atomic E-state index is 10.5. The third kappa shape index (κ3) is 2.50. The van der Waals surface area contributed by atoms with Crippen molar-refractivity contribution in [1.29, 1.82) is 0 Å². The summed E-state index contributed by atoms with van der Waals surface area (Å²) in [5, 5.41) is 18.4. The fourth-order valence-corrected chi connectivity index (χ4v) is 1.12. The lowest BCUT2D eigenvalue weighted by Crippen LogP contribution is -1.95. The van der Waals surface area contributed by atoms with Gasteiger partial charge in [0.15, 0.2) is 0 Å². The highest BCUT2D eigenvalue weighted by Gasteiger charge is 2.03. The lowest BCUT2D eigenvalue weighted by molar-refractivity contribution is -0.132. The largest absolute Gasteiger partial charge is 0.507 e. The van der Waals surface area contributed by atoms with Crippen LogP contribution in [0.15, 0.2) is 23.8 Å². The number of carboxylic acids is 1. The van der Waals surface area contributed by atoms with Gasteiger partial charge in [0.1, 0.15) is 5.75 Å². The normalized spacial score (nSPS) is 11.4. The van der Waals surface area contributed by atoms with Crippen LogP contribution in [0.25, 0.3) is 6.08 Å². The van der Waals surface area contributed by atoms with E-state index in [9.17, 15) is 9.90 Å². The molecule has 1 aromatic rings. The highest BCUT2D eigenvalue weighted by molar-refractivity contribution is 6.30. The van der Waals surface area contributed by atoms with Crippen molar-refractivity contribution < 1.29 is 15.0 Å². The van der Waals surface area contributed by atoms with Crippen LogP contribution in [0.4, 0.5) is 0 Å². The highest BCUT2D eigenvalue weighted by atomic mass is 35.5. The summed E-state index contributed by atoms with van der Waals surface area (Å²) in [4.78, 5) is 10.5. The molecule has 0 aromatic heterocycles. The standard InChI is InChI=1S/C10H9ClO3/c1-6(10(13)14)4-7-5-8(11)2-3-9(7)12/h2-5,12H,1H3,(H,13,14)/b6-4+. The number of carboxylic acid groups (broad SMARTS) is 1. The van der Waals surface area contributed by atoms with Crippen molar-refractivity contribution in [3.8, 4) is 5.75 Å². The molecule has 0 fully saturated rings. The zero-order chi connectivity index (χ0) is 10.7. The monoisotopic (exact) mass is 212 g/mol. The van der Waals surface area contributed by atoms with Crippen molar-refractivity contribution >= 4 is 23.6 Å². The van der Waals surface area contributed by atoms with Gasteiger partial charge in [0.25, 0.3) is 0 Å². The van der Waals surface area contributed by atoms with Gasteiger partial charge in [0.05, 0.1) is 0 Å². The summed E-state index contributed by atoms with van der Waals surface area (Å²) in [6, 6.07) is 4.46. The average molecular weight is 213 g/mol. The first kappa shape index (κ1) is 10.6.